The van der Waals surface area contributed by atoms with E-state index in [0.29, 0.717) is 17.8 Å². The van der Waals surface area contributed by atoms with Crippen molar-refractivity contribution in [1.82, 2.24) is 10.2 Å². The van der Waals surface area contributed by atoms with Gasteiger partial charge in [-0.3, -0.25) is 14.4 Å². The molecule has 0 aliphatic carbocycles. The molecule has 6 nitrogen and oxygen atoms in total. The largest absolute Gasteiger partial charge is 0.345 e. The summed E-state index contributed by atoms with van der Waals surface area (Å²) in [4.78, 5) is 39.3. The summed E-state index contributed by atoms with van der Waals surface area (Å²) in [5.74, 6) is -0.734. The summed E-state index contributed by atoms with van der Waals surface area (Å²) in [6.45, 7) is 6.10. The molecule has 3 amide bonds. The molecular formula is C28H31N3O3. The van der Waals surface area contributed by atoms with E-state index in [1.54, 1.807) is 24.3 Å². The average Bonchev–Trinajstić information content (AvgIpc) is 2.84. The Morgan fingerprint density at radius 3 is 2.03 bits per heavy atom. The highest BCUT2D eigenvalue weighted by atomic mass is 16.2. The van der Waals surface area contributed by atoms with Crippen LogP contribution >= 0.6 is 0 Å². The molecule has 34 heavy (non-hydrogen) atoms. The van der Waals surface area contributed by atoms with Crippen molar-refractivity contribution < 1.29 is 14.4 Å². The number of nitrogens with one attached hydrogen (secondary N) is 2. The van der Waals surface area contributed by atoms with Crippen molar-refractivity contribution in [3.05, 3.63) is 90.0 Å². The first-order chi connectivity index (χ1) is 16.3. The number of aryl methyl sites for hydroxylation is 1. The second kappa shape index (κ2) is 11.8. The first-order valence-corrected chi connectivity index (χ1v) is 11.4. The fourth-order valence-corrected chi connectivity index (χ4v) is 3.53. The molecule has 3 aromatic rings. The van der Waals surface area contributed by atoms with E-state index < -0.39 is 0 Å². The minimum Gasteiger partial charge on any atom is -0.345 e. The SMILES string of the molecule is Cc1ccc(NC(=O)CNC(=O)CN(CC(C)C)C(=O)c2ccc(-c3ccccc3)cc2)cc1. The summed E-state index contributed by atoms with van der Waals surface area (Å²) in [5.41, 5.74) is 4.37. The third kappa shape index (κ3) is 7.30. The molecule has 0 fully saturated rings. The van der Waals surface area contributed by atoms with Crippen LogP contribution in [0.25, 0.3) is 11.1 Å². The third-order valence-corrected chi connectivity index (χ3v) is 5.23. The van der Waals surface area contributed by atoms with Crippen molar-refractivity contribution in [2.45, 2.75) is 20.8 Å². The number of carbonyl (C=O) groups is 3. The van der Waals surface area contributed by atoms with Crippen LogP contribution in [-0.4, -0.2) is 42.3 Å². The number of rotatable bonds is 9. The monoisotopic (exact) mass is 457 g/mol. The van der Waals surface area contributed by atoms with E-state index in [0.717, 1.165) is 16.7 Å². The van der Waals surface area contributed by atoms with Gasteiger partial charge in [-0.15, -0.1) is 0 Å². The number of hydrogen-bond donors (Lipinski definition) is 2. The lowest BCUT2D eigenvalue weighted by Gasteiger charge is -2.24. The minimum absolute atomic E-state index is 0.116. The number of nitrogens with zero attached hydrogens (tertiary/aromatic N) is 1. The molecule has 0 saturated heterocycles. The molecule has 0 atom stereocenters. The Bertz CT molecular complexity index is 1110. The topological polar surface area (TPSA) is 78.5 Å². The van der Waals surface area contributed by atoms with Gasteiger partial charge in [0.1, 0.15) is 0 Å². The van der Waals surface area contributed by atoms with E-state index >= 15 is 0 Å². The highest BCUT2D eigenvalue weighted by molar-refractivity contribution is 5.98. The van der Waals surface area contributed by atoms with Crippen LogP contribution in [0.1, 0.15) is 29.8 Å². The molecular weight excluding hydrogens is 426 g/mol. The minimum atomic E-state index is -0.381. The molecule has 0 spiro atoms. The van der Waals surface area contributed by atoms with Gasteiger partial charge in [-0.05, 0) is 48.2 Å². The molecule has 176 valence electrons. The van der Waals surface area contributed by atoms with Gasteiger partial charge < -0.3 is 15.5 Å². The van der Waals surface area contributed by atoms with Crippen LogP contribution in [0.15, 0.2) is 78.9 Å². The Hall–Kier alpha value is -3.93. The Labute approximate surface area is 201 Å². The molecule has 3 aromatic carbocycles. The summed E-state index contributed by atoms with van der Waals surface area (Å²) in [7, 11) is 0. The van der Waals surface area contributed by atoms with E-state index in [4.69, 9.17) is 0 Å². The van der Waals surface area contributed by atoms with Crippen LogP contribution < -0.4 is 10.6 Å². The van der Waals surface area contributed by atoms with Crippen molar-refractivity contribution in [2.75, 3.05) is 25.0 Å². The lowest BCUT2D eigenvalue weighted by molar-refractivity contribution is -0.124. The predicted octanol–water partition coefficient (Wildman–Crippen LogP) is 4.52. The number of hydrogen-bond acceptors (Lipinski definition) is 3. The van der Waals surface area contributed by atoms with Crippen LogP contribution in [0.4, 0.5) is 5.69 Å². The molecule has 0 aliphatic rings. The zero-order chi connectivity index (χ0) is 24.5. The van der Waals surface area contributed by atoms with Crippen molar-refractivity contribution in [3.8, 4) is 11.1 Å². The molecule has 6 heteroatoms. The molecule has 0 unspecified atom stereocenters. The van der Waals surface area contributed by atoms with Gasteiger partial charge in [-0.2, -0.15) is 0 Å². The molecule has 0 radical (unpaired) electrons. The van der Waals surface area contributed by atoms with Gasteiger partial charge in [0.05, 0.1) is 13.1 Å². The summed E-state index contributed by atoms with van der Waals surface area (Å²) < 4.78 is 0. The smallest absolute Gasteiger partial charge is 0.254 e. The highest BCUT2D eigenvalue weighted by Gasteiger charge is 2.20. The second-order valence-electron chi connectivity index (χ2n) is 8.71. The van der Waals surface area contributed by atoms with Gasteiger partial charge in [-0.25, -0.2) is 0 Å². The van der Waals surface area contributed by atoms with Crippen molar-refractivity contribution in [3.63, 3.8) is 0 Å². The fourth-order valence-electron chi connectivity index (χ4n) is 3.53. The Balaban J connectivity index is 1.58. The predicted molar refractivity (Wildman–Crippen MR) is 135 cm³/mol. The van der Waals surface area contributed by atoms with Crippen LogP contribution in [0, 0.1) is 12.8 Å². The van der Waals surface area contributed by atoms with Gasteiger partial charge in [0, 0.05) is 17.8 Å². The summed E-state index contributed by atoms with van der Waals surface area (Å²) >= 11 is 0. The maximum absolute atomic E-state index is 13.1. The van der Waals surface area contributed by atoms with Crippen LogP contribution in [0.5, 0.6) is 0 Å². The summed E-state index contributed by atoms with van der Waals surface area (Å²) in [6, 6.07) is 24.7. The Kier molecular flexibility index (Phi) is 8.57. The van der Waals surface area contributed by atoms with Crippen molar-refractivity contribution in [2.24, 2.45) is 5.92 Å². The Morgan fingerprint density at radius 1 is 0.794 bits per heavy atom. The average molecular weight is 458 g/mol. The molecule has 0 bridgehead atoms. The van der Waals surface area contributed by atoms with E-state index in [-0.39, 0.29) is 36.7 Å². The van der Waals surface area contributed by atoms with E-state index in [2.05, 4.69) is 10.6 Å². The number of carbonyl (C=O) groups excluding carboxylic acids is 3. The normalized spacial score (nSPS) is 10.6. The van der Waals surface area contributed by atoms with Gasteiger partial charge in [-0.1, -0.05) is 74.0 Å². The zero-order valence-corrected chi connectivity index (χ0v) is 19.9. The van der Waals surface area contributed by atoms with E-state index in [9.17, 15) is 14.4 Å². The van der Waals surface area contributed by atoms with Crippen LogP contribution in [0.2, 0.25) is 0 Å². The summed E-state index contributed by atoms with van der Waals surface area (Å²) in [5, 5.41) is 5.35. The lowest BCUT2D eigenvalue weighted by atomic mass is 10.0. The van der Waals surface area contributed by atoms with Crippen molar-refractivity contribution >= 4 is 23.4 Å². The standard InChI is InChI=1S/C28H31N3O3/c1-20(2)18-31(19-27(33)29-17-26(32)30-25-15-9-21(3)10-16-25)28(34)24-13-11-23(12-14-24)22-7-5-4-6-8-22/h4-16,20H,17-19H2,1-3H3,(H,29,33)(H,30,32). The first kappa shape index (κ1) is 24.7. The van der Waals surface area contributed by atoms with Gasteiger partial charge in [0.25, 0.3) is 5.91 Å². The lowest BCUT2D eigenvalue weighted by Crippen LogP contribution is -2.44. The summed E-state index contributed by atoms with van der Waals surface area (Å²) in [6.07, 6.45) is 0. The second-order valence-corrected chi connectivity index (χ2v) is 8.71. The molecule has 0 saturated carbocycles. The van der Waals surface area contributed by atoms with Gasteiger partial charge in [0.2, 0.25) is 11.8 Å². The molecule has 0 aliphatic heterocycles. The number of anilines is 1. The maximum atomic E-state index is 13.1. The quantitative estimate of drug-likeness (QED) is 0.496. The van der Waals surface area contributed by atoms with Crippen molar-refractivity contribution in [1.29, 1.82) is 0 Å². The first-order valence-electron chi connectivity index (χ1n) is 11.4. The van der Waals surface area contributed by atoms with E-state index in [1.165, 1.54) is 4.90 Å². The zero-order valence-electron chi connectivity index (χ0n) is 19.9. The van der Waals surface area contributed by atoms with E-state index in [1.807, 2.05) is 75.4 Å². The molecule has 2 N–H and O–H groups in total. The molecule has 0 heterocycles. The number of amides is 3. The fraction of sp³-hybridized carbons (Fsp3) is 0.250. The molecule has 0 aromatic heterocycles. The van der Waals surface area contributed by atoms with Crippen LogP contribution in [-0.2, 0) is 9.59 Å². The number of benzene rings is 3. The third-order valence-electron chi connectivity index (χ3n) is 5.23. The van der Waals surface area contributed by atoms with Gasteiger partial charge in [0.15, 0.2) is 0 Å². The van der Waals surface area contributed by atoms with Crippen LogP contribution in [0.3, 0.4) is 0 Å². The maximum Gasteiger partial charge on any atom is 0.254 e. The molecule has 3 rings (SSSR count). The van der Waals surface area contributed by atoms with Gasteiger partial charge >= 0.3 is 0 Å². The Morgan fingerprint density at radius 2 is 1.41 bits per heavy atom. The highest BCUT2D eigenvalue weighted by Crippen LogP contribution is 2.20.